The smallest absolute Gasteiger partial charge is 0.125 e. The van der Waals surface area contributed by atoms with Crippen molar-refractivity contribution < 1.29 is 4.74 Å². The average Bonchev–Trinajstić information content (AvgIpc) is 2.25. The summed E-state index contributed by atoms with van der Waals surface area (Å²) >= 11 is 0. The maximum absolute atomic E-state index is 5.45. The molecule has 1 aromatic rings. The molecule has 0 aromatic heterocycles. The maximum Gasteiger partial charge on any atom is 0.125 e. The zero-order chi connectivity index (χ0) is 13.9. The number of rotatable bonds is 5. The lowest BCUT2D eigenvalue weighted by Crippen LogP contribution is -2.40. The zero-order valence-electron chi connectivity index (χ0n) is 12.7. The molecule has 0 heterocycles. The van der Waals surface area contributed by atoms with E-state index in [1.165, 1.54) is 22.4 Å². The second kappa shape index (κ2) is 5.61. The van der Waals surface area contributed by atoms with E-state index >= 15 is 0 Å². The Morgan fingerprint density at radius 1 is 1.17 bits per heavy atom. The van der Waals surface area contributed by atoms with Gasteiger partial charge in [0, 0.05) is 17.8 Å². The quantitative estimate of drug-likeness (QED) is 0.842. The molecule has 1 aromatic carbocycles. The van der Waals surface area contributed by atoms with Gasteiger partial charge in [0.2, 0.25) is 0 Å². The van der Waals surface area contributed by atoms with Crippen molar-refractivity contribution in [3.05, 3.63) is 22.8 Å². The van der Waals surface area contributed by atoms with Crippen LogP contribution in [0.1, 0.15) is 30.5 Å². The molecule has 0 aliphatic rings. The van der Waals surface area contributed by atoms with Gasteiger partial charge >= 0.3 is 0 Å². The van der Waals surface area contributed by atoms with Crippen LogP contribution in [0.5, 0.6) is 5.75 Å². The molecule has 1 rings (SSSR count). The van der Waals surface area contributed by atoms with Crippen molar-refractivity contribution in [3.63, 3.8) is 0 Å². The van der Waals surface area contributed by atoms with E-state index in [1.807, 2.05) is 7.05 Å². The van der Waals surface area contributed by atoms with Gasteiger partial charge in [-0.05, 0) is 64.4 Å². The number of hydrogen-bond acceptors (Lipinski definition) is 3. The van der Waals surface area contributed by atoms with Crippen LogP contribution >= 0.6 is 0 Å². The van der Waals surface area contributed by atoms with Crippen molar-refractivity contribution in [1.82, 2.24) is 5.32 Å². The molecule has 0 bridgehead atoms. The third-order valence-corrected chi connectivity index (χ3v) is 3.32. The van der Waals surface area contributed by atoms with E-state index in [4.69, 9.17) is 4.74 Å². The third-order valence-electron chi connectivity index (χ3n) is 3.32. The van der Waals surface area contributed by atoms with Crippen LogP contribution in [0.3, 0.4) is 0 Å². The average molecular weight is 250 g/mol. The Hall–Kier alpha value is -1.22. The van der Waals surface area contributed by atoms with Gasteiger partial charge in [0.1, 0.15) is 5.75 Å². The topological polar surface area (TPSA) is 33.3 Å². The maximum atomic E-state index is 5.45. The highest BCUT2D eigenvalue weighted by Gasteiger charge is 2.19. The Morgan fingerprint density at radius 3 is 2.28 bits per heavy atom. The standard InChI is InChI=1S/C15H26N2O/c1-10-8-13(17-15(4,5)9-16-6)11(2)12(3)14(10)18-7/h8,16-17H,9H2,1-7H3. The molecule has 0 saturated carbocycles. The van der Waals surface area contributed by atoms with Crippen molar-refractivity contribution in [2.45, 2.75) is 40.2 Å². The summed E-state index contributed by atoms with van der Waals surface area (Å²) in [6.45, 7) is 11.6. The summed E-state index contributed by atoms with van der Waals surface area (Å²) in [6, 6.07) is 2.17. The molecule has 18 heavy (non-hydrogen) atoms. The minimum Gasteiger partial charge on any atom is -0.496 e. The van der Waals surface area contributed by atoms with Crippen LogP contribution in [-0.4, -0.2) is 26.2 Å². The molecule has 3 nitrogen and oxygen atoms in total. The second-order valence-electron chi connectivity index (χ2n) is 5.56. The van der Waals surface area contributed by atoms with Crippen molar-refractivity contribution in [2.24, 2.45) is 0 Å². The van der Waals surface area contributed by atoms with E-state index in [0.717, 1.165) is 12.3 Å². The number of aryl methyl sites for hydroxylation is 1. The lowest BCUT2D eigenvalue weighted by molar-refractivity contribution is 0.408. The van der Waals surface area contributed by atoms with Crippen LogP contribution < -0.4 is 15.4 Å². The molecule has 3 heteroatoms. The summed E-state index contributed by atoms with van der Waals surface area (Å²) in [5.41, 5.74) is 4.84. The third kappa shape index (κ3) is 3.16. The first-order valence-electron chi connectivity index (χ1n) is 6.40. The van der Waals surface area contributed by atoms with Crippen molar-refractivity contribution in [2.75, 3.05) is 26.0 Å². The molecule has 0 radical (unpaired) electrons. The normalized spacial score (nSPS) is 11.5. The number of likely N-dealkylation sites (N-methyl/N-ethyl adjacent to an activating group) is 1. The highest BCUT2D eigenvalue weighted by Crippen LogP contribution is 2.32. The number of ether oxygens (including phenoxy) is 1. The Bertz CT molecular complexity index is 425. The van der Waals surface area contributed by atoms with Gasteiger partial charge in [-0.15, -0.1) is 0 Å². The van der Waals surface area contributed by atoms with Crippen LogP contribution in [-0.2, 0) is 0 Å². The molecule has 0 saturated heterocycles. The minimum absolute atomic E-state index is 0.0208. The number of benzene rings is 1. The molecular weight excluding hydrogens is 224 g/mol. The largest absolute Gasteiger partial charge is 0.496 e. The molecular formula is C15H26N2O. The van der Waals surface area contributed by atoms with Gasteiger partial charge in [0.05, 0.1) is 7.11 Å². The Labute approximate surface area is 111 Å². The zero-order valence-corrected chi connectivity index (χ0v) is 12.7. The van der Waals surface area contributed by atoms with Crippen molar-refractivity contribution >= 4 is 5.69 Å². The molecule has 0 amide bonds. The lowest BCUT2D eigenvalue weighted by Gasteiger charge is -2.29. The molecule has 0 unspecified atom stereocenters. The summed E-state index contributed by atoms with van der Waals surface area (Å²) in [4.78, 5) is 0. The van der Waals surface area contributed by atoms with Crippen LogP contribution in [0.4, 0.5) is 5.69 Å². The van der Waals surface area contributed by atoms with E-state index in [9.17, 15) is 0 Å². The van der Waals surface area contributed by atoms with Gasteiger partial charge in [-0.3, -0.25) is 0 Å². The number of nitrogens with one attached hydrogen (secondary N) is 2. The highest BCUT2D eigenvalue weighted by molar-refractivity contribution is 5.62. The number of anilines is 1. The summed E-state index contributed by atoms with van der Waals surface area (Å²) in [6.07, 6.45) is 0. The molecule has 2 N–H and O–H groups in total. The first kappa shape index (κ1) is 14.8. The fourth-order valence-electron chi connectivity index (χ4n) is 2.35. The fourth-order valence-corrected chi connectivity index (χ4v) is 2.35. The Balaban J connectivity index is 3.12. The molecule has 0 aliphatic carbocycles. The van der Waals surface area contributed by atoms with Gasteiger partial charge in [0.25, 0.3) is 0 Å². The number of hydrogen-bond donors (Lipinski definition) is 2. The Morgan fingerprint density at radius 2 is 1.78 bits per heavy atom. The van der Waals surface area contributed by atoms with Gasteiger partial charge in [0.15, 0.2) is 0 Å². The number of methoxy groups -OCH3 is 1. The van der Waals surface area contributed by atoms with Gasteiger partial charge in [-0.1, -0.05) is 0 Å². The van der Waals surface area contributed by atoms with Gasteiger partial charge in [-0.2, -0.15) is 0 Å². The monoisotopic (exact) mass is 250 g/mol. The first-order chi connectivity index (χ1) is 8.32. The minimum atomic E-state index is 0.0208. The molecule has 0 fully saturated rings. The second-order valence-corrected chi connectivity index (χ2v) is 5.56. The predicted octanol–water partition coefficient (Wildman–Crippen LogP) is 3.03. The molecule has 0 spiro atoms. The highest BCUT2D eigenvalue weighted by atomic mass is 16.5. The molecule has 0 aliphatic heterocycles. The van der Waals surface area contributed by atoms with Crippen molar-refractivity contribution in [1.29, 1.82) is 0 Å². The van der Waals surface area contributed by atoms with E-state index in [1.54, 1.807) is 7.11 Å². The molecule has 102 valence electrons. The van der Waals surface area contributed by atoms with Crippen LogP contribution in [0, 0.1) is 20.8 Å². The van der Waals surface area contributed by atoms with Crippen LogP contribution in [0.2, 0.25) is 0 Å². The fraction of sp³-hybridized carbons (Fsp3) is 0.600. The van der Waals surface area contributed by atoms with E-state index in [2.05, 4.69) is 51.3 Å². The SMILES string of the molecule is CNCC(C)(C)Nc1cc(C)c(OC)c(C)c1C. The predicted molar refractivity (Wildman–Crippen MR) is 78.8 cm³/mol. The van der Waals surface area contributed by atoms with E-state index in [0.29, 0.717) is 0 Å². The van der Waals surface area contributed by atoms with Crippen LogP contribution in [0.15, 0.2) is 6.07 Å². The Kier molecular flexibility index (Phi) is 4.63. The van der Waals surface area contributed by atoms with Crippen LogP contribution in [0.25, 0.3) is 0 Å². The van der Waals surface area contributed by atoms with Gasteiger partial charge < -0.3 is 15.4 Å². The van der Waals surface area contributed by atoms with E-state index < -0.39 is 0 Å². The van der Waals surface area contributed by atoms with E-state index in [-0.39, 0.29) is 5.54 Å². The molecule has 0 atom stereocenters. The summed E-state index contributed by atoms with van der Waals surface area (Å²) in [5, 5.41) is 6.81. The van der Waals surface area contributed by atoms with Gasteiger partial charge in [-0.25, -0.2) is 0 Å². The lowest BCUT2D eigenvalue weighted by atomic mass is 9.99. The summed E-state index contributed by atoms with van der Waals surface area (Å²) in [7, 11) is 3.70. The first-order valence-corrected chi connectivity index (χ1v) is 6.40. The summed E-state index contributed by atoms with van der Waals surface area (Å²) < 4.78 is 5.45. The summed E-state index contributed by atoms with van der Waals surface area (Å²) in [5.74, 6) is 0.990. The van der Waals surface area contributed by atoms with Crippen molar-refractivity contribution in [3.8, 4) is 5.75 Å².